The average Bonchev–Trinajstić information content (AvgIpc) is 2.33. The molecule has 0 spiro atoms. The van der Waals surface area contributed by atoms with Gasteiger partial charge in [-0.1, -0.05) is 19.9 Å². The van der Waals surface area contributed by atoms with E-state index < -0.39 is 23.7 Å². The summed E-state index contributed by atoms with van der Waals surface area (Å²) in [6.45, 7) is 4.39. The molecule has 1 aromatic carbocycles. The molecule has 5 nitrogen and oxygen atoms in total. The molecule has 0 radical (unpaired) electrons. The van der Waals surface area contributed by atoms with Gasteiger partial charge < -0.3 is 15.7 Å². The zero-order chi connectivity index (χ0) is 15.1. The molecule has 0 aliphatic rings. The lowest BCUT2D eigenvalue weighted by Gasteiger charge is -2.15. The fraction of sp³-hybridized carbons (Fsp3) is 0.429. The molecule has 0 saturated carbocycles. The number of amides is 1. The number of carbonyl (C=O) groups excluding carboxylic acids is 1. The topological polar surface area (TPSA) is 78.4 Å². The van der Waals surface area contributed by atoms with Crippen LogP contribution in [0.3, 0.4) is 0 Å². The van der Waals surface area contributed by atoms with Gasteiger partial charge in [0.05, 0.1) is 6.42 Å². The van der Waals surface area contributed by atoms with Crippen molar-refractivity contribution in [3.63, 3.8) is 0 Å². The largest absolute Gasteiger partial charge is 0.480 e. The van der Waals surface area contributed by atoms with E-state index in [2.05, 4.69) is 10.6 Å². The maximum Gasteiger partial charge on any atom is 0.321 e. The Hall–Kier alpha value is -1.95. The van der Waals surface area contributed by atoms with Gasteiger partial charge in [0.2, 0.25) is 5.91 Å². The fourth-order valence-corrected chi connectivity index (χ4v) is 1.59. The second-order valence-electron chi connectivity index (χ2n) is 4.96. The quantitative estimate of drug-likeness (QED) is 0.713. The second kappa shape index (κ2) is 7.59. The first-order valence-corrected chi connectivity index (χ1v) is 6.40. The Labute approximate surface area is 117 Å². The zero-order valence-corrected chi connectivity index (χ0v) is 11.5. The van der Waals surface area contributed by atoms with Crippen molar-refractivity contribution >= 4 is 17.6 Å². The number of carbonyl (C=O) groups is 2. The minimum Gasteiger partial charge on any atom is -0.480 e. The van der Waals surface area contributed by atoms with Crippen molar-refractivity contribution in [3.05, 3.63) is 30.1 Å². The van der Waals surface area contributed by atoms with Crippen LogP contribution in [-0.2, 0) is 9.59 Å². The summed E-state index contributed by atoms with van der Waals surface area (Å²) in [5, 5.41) is 14.3. The summed E-state index contributed by atoms with van der Waals surface area (Å²) in [7, 11) is 0. The smallest absolute Gasteiger partial charge is 0.321 e. The van der Waals surface area contributed by atoms with Gasteiger partial charge in [0.25, 0.3) is 0 Å². The molecule has 0 heterocycles. The Kier molecular flexibility index (Phi) is 6.11. The van der Waals surface area contributed by atoms with E-state index in [-0.39, 0.29) is 12.3 Å². The number of anilines is 1. The minimum atomic E-state index is -1.08. The van der Waals surface area contributed by atoms with E-state index in [0.717, 1.165) is 0 Å². The van der Waals surface area contributed by atoms with Crippen molar-refractivity contribution in [2.45, 2.75) is 26.3 Å². The van der Waals surface area contributed by atoms with E-state index in [9.17, 15) is 14.0 Å². The minimum absolute atomic E-state index is 0.210. The molecule has 0 aliphatic carbocycles. The molecule has 1 amide bonds. The van der Waals surface area contributed by atoms with E-state index in [4.69, 9.17) is 5.11 Å². The maximum absolute atomic E-state index is 13.0. The molecule has 0 bridgehead atoms. The van der Waals surface area contributed by atoms with Gasteiger partial charge in [0.15, 0.2) is 0 Å². The van der Waals surface area contributed by atoms with Crippen LogP contribution in [0.15, 0.2) is 24.3 Å². The predicted octanol–water partition coefficient (Wildman–Crippen LogP) is 1.85. The van der Waals surface area contributed by atoms with Crippen LogP contribution < -0.4 is 10.6 Å². The van der Waals surface area contributed by atoms with Gasteiger partial charge in [-0.2, -0.15) is 0 Å². The fourth-order valence-electron chi connectivity index (χ4n) is 1.59. The first kappa shape index (κ1) is 16.1. The van der Waals surface area contributed by atoms with Crippen LogP contribution in [0.5, 0.6) is 0 Å². The number of carboxylic acid groups (broad SMARTS) is 1. The van der Waals surface area contributed by atoms with Crippen molar-refractivity contribution < 1.29 is 19.1 Å². The van der Waals surface area contributed by atoms with Gasteiger partial charge >= 0.3 is 5.97 Å². The lowest BCUT2D eigenvalue weighted by atomic mass is 10.1. The molecule has 1 rings (SSSR count). The van der Waals surface area contributed by atoms with Crippen molar-refractivity contribution in [2.24, 2.45) is 5.92 Å². The van der Waals surface area contributed by atoms with E-state index >= 15 is 0 Å². The standard InChI is InChI=1S/C14H19FN2O3/c1-9(2)8-16-12(14(19)20)7-13(18)17-11-5-3-4-10(15)6-11/h3-6,9,12,16H,7-8H2,1-2H3,(H,17,18)(H,19,20). The van der Waals surface area contributed by atoms with Gasteiger partial charge in [-0.3, -0.25) is 9.59 Å². The van der Waals surface area contributed by atoms with Crippen LogP contribution in [0.2, 0.25) is 0 Å². The molecule has 0 fully saturated rings. The van der Waals surface area contributed by atoms with Crippen LogP contribution in [0, 0.1) is 11.7 Å². The predicted molar refractivity (Wildman–Crippen MR) is 73.9 cm³/mol. The number of halogens is 1. The molecule has 3 N–H and O–H groups in total. The molecular formula is C14H19FN2O3. The van der Waals surface area contributed by atoms with Crippen LogP contribution in [-0.4, -0.2) is 29.6 Å². The summed E-state index contributed by atoms with van der Waals surface area (Å²) in [6, 6.07) is 4.50. The molecular weight excluding hydrogens is 263 g/mol. The number of aliphatic carboxylic acids is 1. The van der Waals surface area contributed by atoms with E-state index in [1.54, 1.807) is 0 Å². The van der Waals surface area contributed by atoms with Crippen LogP contribution in [0.1, 0.15) is 20.3 Å². The first-order valence-electron chi connectivity index (χ1n) is 6.40. The van der Waals surface area contributed by atoms with Crippen molar-refractivity contribution in [3.8, 4) is 0 Å². The lowest BCUT2D eigenvalue weighted by molar-refractivity contribution is -0.141. The van der Waals surface area contributed by atoms with E-state index in [1.165, 1.54) is 24.3 Å². The van der Waals surface area contributed by atoms with Gasteiger partial charge in [-0.15, -0.1) is 0 Å². The Bertz CT molecular complexity index is 477. The molecule has 0 aliphatic heterocycles. The number of hydrogen-bond donors (Lipinski definition) is 3. The summed E-state index contributed by atoms with van der Waals surface area (Å²) < 4.78 is 13.0. The average molecular weight is 282 g/mol. The number of hydrogen-bond acceptors (Lipinski definition) is 3. The highest BCUT2D eigenvalue weighted by Crippen LogP contribution is 2.10. The Morgan fingerprint density at radius 1 is 1.35 bits per heavy atom. The number of rotatable bonds is 7. The van der Waals surface area contributed by atoms with Gasteiger partial charge in [0.1, 0.15) is 11.9 Å². The summed E-state index contributed by atoms with van der Waals surface area (Å²) in [5.74, 6) is -1.74. The normalized spacial score (nSPS) is 12.2. The molecule has 20 heavy (non-hydrogen) atoms. The first-order chi connectivity index (χ1) is 9.38. The van der Waals surface area contributed by atoms with Crippen molar-refractivity contribution in [1.82, 2.24) is 5.32 Å². The highest BCUT2D eigenvalue weighted by molar-refractivity contribution is 5.94. The van der Waals surface area contributed by atoms with Crippen LogP contribution in [0.25, 0.3) is 0 Å². The highest BCUT2D eigenvalue weighted by atomic mass is 19.1. The van der Waals surface area contributed by atoms with Crippen molar-refractivity contribution in [1.29, 1.82) is 0 Å². The molecule has 110 valence electrons. The van der Waals surface area contributed by atoms with Gasteiger partial charge in [-0.25, -0.2) is 4.39 Å². The molecule has 1 aromatic rings. The van der Waals surface area contributed by atoms with Crippen molar-refractivity contribution in [2.75, 3.05) is 11.9 Å². The second-order valence-corrected chi connectivity index (χ2v) is 4.96. The molecule has 1 atom stereocenters. The SMILES string of the molecule is CC(C)CNC(CC(=O)Nc1cccc(F)c1)C(=O)O. The summed E-state index contributed by atoms with van der Waals surface area (Å²) >= 11 is 0. The highest BCUT2D eigenvalue weighted by Gasteiger charge is 2.20. The number of carboxylic acids is 1. The van der Waals surface area contributed by atoms with Crippen LogP contribution in [0.4, 0.5) is 10.1 Å². The maximum atomic E-state index is 13.0. The van der Waals surface area contributed by atoms with E-state index in [0.29, 0.717) is 12.2 Å². The summed E-state index contributed by atoms with van der Waals surface area (Å²) in [5.41, 5.74) is 0.308. The lowest BCUT2D eigenvalue weighted by Crippen LogP contribution is -2.41. The Morgan fingerprint density at radius 3 is 2.60 bits per heavy atom. The van der Waals surface area contributed by atoms with Crippen LogP contribution >= 0.6 is 0 Å². The monoisotopic (exact) mass is 282 g/mol. The van der Waals surface area contributed by atoms with E-state index in [1.807, 2.05) is 13.8 Å². The molecule has 6 heteroatoms. The van der Waals surface area contributed by atoms with Gasteiger partial charge in [-0.05, 0) is 30.7 Å². The third-order valence-corrected chi connectivity index (χ3v) is 2.57. The zero-order valence-electron chi connectivity index (χ0n) is 11.5. The molecule has 1 unspecified atom stereocenters. The molecule has 0 aromatic heterocycles. The summed E-state index contributed by atoms with van der Waals surface area (Å²) in [4.78, 5) is 22.8. The number of benzene rings is 1. The molecule has 0 saturated heterocycles. The Balaban J connectivity index is 2.55. The summed E-state index contributed by atoms with van der Waals surface area (Å²) in [6.07, 6.45) is -0.210. The third-order valence-electron chi connectivity index (χ3n) is 2.57. The number of nitrogens with one attached hydrogen (secondary N) is 2. The Morgan fingerprint density at radius 2 is 2.05 bits per heavy atom. The van der Waals surface area contributed by atoms with Gasteiger partial charge in [0, 0.05) is 5.69 Å². The third kappa shape index (κ3) is 5.79.